The van der Waals surface area contributed by atoms with E-state index in [1.807, 2.05) is 18.2 Å². The van der Waals surface area contributed by atoms with Gasteiger partial charge in [-0.25, -0.2) is 0 Å². The second-order valence-electron chi connectivity index (χ2n) is 4.55. The van der Waals surface area contributed by atoms with E-state index in [-0.39, 0.29) is 12.5 Å². The number of benzene rings is 2. The minimum Gasteiger partial charge on any atom is -0.484 e. The molecule has 0 aliphatic heterocycles. The Labute approximate surface area is 133 Å². The second kappa shape index (κ2) is 7.47. The number of hydrogen-bond acceptors (Lipinski definition) is 3. The maximum atomic E-state index is 11.7. The molecule has 2 amide bonds. The zero-order valence-electron chi connectivity index (χ0n) is 11.7. The smallest absolute Gasteiger partial charge is 0.258 e. The van der Waals surface area contributed by atoms with Crippen LogP contribution in [0.5, 0.6) is 5.75 Å². The molecule has 2 aromatic carbocycles. The lowest BCUT2D eigenvalue weighted by Gasteiger charge is -2.08. The van der Waals surface area contributed by atoms with Gasteiger partial charge in [-0.05, 0) is 35.9 Å². The lowest BCUT2D eigenvalue weighted by atomic mass is 10.2. The molecule has 0 unspecified atom stereocenters. The van der Waals surface area contributed by atoms with E-state index in [2.05, 4.69) is 5.32 Å². The molecular formula is C16H15ClN2O3. The van der Waals surface area contributed by atoms with Gasteiger partial charge in [0.05, 0.1) is 0 Å². The number of hydrogen-bond donors (Lipinski definition) is 2. The standard InChI is InChI=1S/C16H15ClN2O3/c17-14-4-2-1-3-12(14)9-19-15(20)10-22-13-7-5-11(6-8-13)16(18)21/h1-8H,9-10H2,(H2,18,21)(H,19,20). The topological polar surface area (TPSA) is 81.4 Å². The van der Waals surface area contributed by atoms with E-state index in [0.717, 1.165) is 5.56 Å². The average Bonchev–Trinajstić information content (AvgIpc) is 2.52. The number of nitrogens with two attached hydrogens (primary N) is 1. The van der Waals surface area contributed by atoms with Crippen LogP contribution in [0, 0.1) is 0 Å². The Kier molecular flexibility index (Phi) is 5.38. The quantitative estimate of drug-likeness (QED) is 0.856. The van der Waals surface area contributed by atoms with Gasteiger partial charge in [-0.3, -0.25) is 9.59 Å². The molecule has 0 spiro atoms. The highest BCUT2D eigenvalue weighted by molar-refractivity contribution is 6.31. The van der Waals surface area contributed by atoms with Crippen molar-refractivity contribution in [3.63, 3.8) is 0 Å². The molecule has 0 saturated heterocycles. The van der Waals surface area contributed by atoms with Crippen molar-refractivity contribution in [3.05, 3.63) is 64.7 Å². The highest BCUT2D eigenvalue weighted by Crippen LogP contribution is 2.14. The summed E-state index contributed by atoms with van der Waals surface area (Å²) in [5, 5.41) is 3.32. The normalized spacial score (nSPS) is 10.0. The Morgan fingerprint density at radius 1 is 1.09 bits per heavy atom. The first kappa shape index (κ1) is 15.9. The van der Waals surface area contributed by atoms with Gasteiger partial charge in [-0.1, -0.05) is 29.8 Å². The van der Waals surface area contributed by atoms with Crippen LogP contribution in [0.2, 0.25) is 5.02 Å². The van der Waals surface area contributed by atoms with Gasteiger partial charge in [0.1, 0.15) is 5.75 Å². The number of amides is 2. The molecule has 0 radical (unpaired) electrons. The minimum absolute atomic E-state index is 0.125. The number of ether oxygens (including phenoxy) is 1. The zero-order valence-corrected chi connectivity index (χ0v) is 12.5. The number of carbonyl (C=O) groups is 2. The van der Waals surface area contributed by atoms with Crippen LogP contribution in [-0.2, 0) is 11.3 Å². The summed E-state index contributed by atoms with van der Waals surface area (Å²) in [6.45, 7) is 0.211. The summed E-state index contributed by atoms with van der Waals surface area (Å²) in [5.41, 5.74) is 6.36. The Morgan fingerprint density at radius 2 is 1.77 bits per heavy atom. The Hall–Kier alpha value is -2.53. The van der Waals surface area contributed by atoms with E-state index in [0.29, 0.717) is 22.9 Å². The number of primary amides is 1. The molecule has 0 heterocycles. The Morgan fingerprint density at radius 3 is 2.41 bits per heavy atom. The van der Waals surface area contributed by atoms with Gasteiger partial charge in [0, 0.05) is 17.1 Å². The average molecular weight is 319 g/mol. The van der Waals surface area contributed by atoms with Crippen molar-refractivity contribution in [2.75, 3.05) is 6.61 Å². The number of halogens is 1. The van der Waals surface area contributed by atoms with E-state index in [4.69, 9.17) is 22.1 Å². The van der Waals surface area contributed by atoms with Crippen LogP contribution in [-0.4, -0.2) is 18.4 Å². The summed E-state index contributed by atoms with van der Waals surface area (Å²) >= 11 is 6.00. The van der Waals surface area contributed by atoms with E-state index in [1.54, 1.807) is 30.3 Å². The summed E-state index contributed by atoms with van der Waals surface area (Å²) in [4.78, 5) is 22.7. The molecule has 2 aromatic rings. The van der Waals surface area contributed by atoms with Crippen molar-refractivity contribution in [2.24, 2.45) is 5.73 Å². The summed E-state index contributed by atoms with van der Waals surface area (Å²) in [5.74, 6) is -0.291. The van der Waals surface area contributed by atoms with Crippen molar-refractivity contribution < 1.29 is 14.3 Å². The fourth-order valence-corrected chi connectivity index (χ4v) is 1.95. The maximum Gasteiger partial charge on any atom is 0.258 e. The van der Waals surface area contributed by atoms with Crippen molar-refractivity contribution in [1.82, 2.24) is 5.32 Å². The number of rotatable bonds is 6. The molecule has 0 atom stereocenters. The van der Waals surface area contributed by atoms with E-state index < -0.39 is 5.91 Å². The van der Waals surface area contributed by atoms with Crippen LogP contribution in [0.25, 0.3) is 0 Å². The summed E-state index contributed by atoms with van der Waals surface area (Å²) in [6.07, 6.45) is 0. The third kappa shape index (κ3) is 4.49. The van der Waals surface area contributed by atoms with Crippen LogP contribution in [0.3, 0.4) is 0 Å². The minimum atomic E-state index is -0.510. The molecule has 0 bridgehead atoms. The Bertz CT molecular complexity index is 671. The highest BCUT2D eigenvalue weighted by atomic mass is 35.5. The molecule has 0 fully saturated rings. The van der Waals surface area contributed by atoms with Crippen LogP contribution in [0.4, 0.5) is 0 Å². The van der Waals surface area contributed by atoms with Crippen molar-refractivity contribution >= 4 is 23.4 Å². The van der Waals surface area contributed by atoms with Gasteiger partial charge >= 0.3 is 0 Å². The molecule has 6 heteroatoms. The van der Waals surface area contributed by atoms with Gasteiger partial charge in [-0.15, -0.1) is 0 Å². The number of carbonyl (C=O) groups excluding carboxylic acids is 2. The molecule has 5 nitrogen and oxygen atoms in total. The third-order valence-electron chi connectivity index (χ3n) is 2.94. The van der Waals surface area contributed by atoms with Gasteiger partial charge < -0.3 is 15.8 Å². The predicted molar refractivity (Wildman–Crippen MR) is 83.8 cm³/mol. The molecule has 0 saturated carbocycles. The van der Waals surface area contributed by atoms with Gasteiger partial charge in [0.2, 0.25) is 5.91 Å². The third-order valence-corrected chi connectivity index (χ3v) is 3.31. The Balaban J connectivity index is 1.80. The predicted octanol–water partition coefficient (Wildman–Crippen LogP) is 2.13. The molecule has 2 rings (SSSR count). The van der Waals surface area contributed by atoms with Crippen LogP contribution < -0.4 is 15.8 Å². The molecule has 3 N–H and O–H groups in total. The van der Waals surface area contributed by atoms with E-state index in [1.165, 1.54) is 0 Å². The van der Waals surface area contributed by atoms with Crippen LogP contribution in [0.1, 0.15) is 15.9 Å². The van der Waals surface area contributed by atoms with Crippen LogP contribution in [0.15, 0.2) is 48.5 Å². The molecule has 0 aromatic heterocycles. The summed E-state index contributed by atoms with van der Waals surface area (Å²) in [7, 11) is 0. The number of nitrogens with one attached hydrogen (secondary N) is 1. The van der Waals surface area contributed by atoms with Crippen molar-refractivity contribution in [3.8, 4) is 5.75 Å². The monoisotopic (exact) mass is 318 g/mol. The largest absolute Gasteiger partial charge is 0.484 e. The summed E-state index contributed by atoms with van der Waals surface area (Å²) < 4.78 is 5.32. The van der Waals surface area contributed by atoms with Gasteiger partial charge in [0.25, 0.3) is 5.91 Å². The molecule has 114 valence electrons. The fraction of sp³-hybridized carbons (Fsp3) is 0.125. The lowest BCUT2D eigenvalue weighted by Crippen LogP contribution is -2.28. The zero-order chi connectivity index (χ0) is 15.9. The fourth-order valence-electron chi connectivity index (χ4n) is 1.75. The first-order valence-corrected chi connectivity index (χ1v) is 6.97. The molecule has 0 aliphatic rings. The maximum absolute atomic E-state index is 11.7. The second-order valence-corrected chi connectivity index (χ2v) is 4.95. The molecule has 22 heavy (non-hydrogen) atoms. The van der Waals surface area contributed by atoms with E-state index in [9.17, 15) is 9.59 Å². The van der Waals surface area contributed by atoms with Crippen molar-refractivity contribution in [1.29, 1.82) is 0 Å². The lowest BCUT2D eigenvalue weighted by molar-refractivity contribution is -0.123. The van der Waals surface area contributed by atoms with Gasteiger partial charge in [0.15, 0.2) is 6.61 Å². The SMILES string of the molecule is NC(=O)c1ccc(OCC(=O)NCc2ccccc2Cl)cc1. The summed E-state index contributed by atoms with van der Waals surface area (Å²) in [6, 6.07) is 13.5. The molecular weight excluding hydrogens is 304 g/mol. The van der Waals surface area contributed by atoms with E-state index >= 15 is 0 Å². The van der Waals surface area contributed by atoms with Crippen LogP contribution >= 0.6 is 11.6 Å². The first-order valence-electron chi connectivity index (χ1n) is 6.59. The van der Waals surface area contributed by atoms with Crippen molar-refractivity contribution in [2.45, 2.75) is 6.54 Å². The highest BCUT2D eigenvalue weighted by Gasteiger charge is 2.05. The molecule has 0 aliphatic carbocycles. The van der Waals surface area contributed by atoms with Gasteiger partial charge in [-0.2, -0.15) is 0 Å². The first-order chi connectivity index (χ1) is 10.6.